The number of hydrazine groups is 1. The lowest BCUT2D eigenvalue weighted by atomic mass is 9.96. The number of hydrogen-bond acceptors (Lipinski definition) is 4. The van der Waals surface area contributed by atoms with Crippen LogP contribution in [-0.2, 0) is 0 Å². The van der Waals surface area contributed by atoms with Crippen molar-refractivity contribution in [2.75, 3.05) is 13.1 Å². The fourth-order valence-electron chi connectivity index (χ4n) is 2.48. The number of nitrogens with one attached hydrogen (secondary N) is 3. The van der Waals surface area contributed by atoms with Gasteiger partial charge in [0.15, 0.2) is 0 Å². The van der Waals surface area contributed by atoms with E-state index in [9.17, 15) is 5.11 Å². The van der Waals surface area contributed by atoms with E-state index < -0.39 is 6.10 Å². The van der Waals surface area contributed by atoms with E-state index in [0.29, 0.717) is 29.6 Å². The normalized spacial score (nSPS) is 27.1. The highest BCUT2D eigenvalue weighted by Crippen LogP contribution is 2.18. The van der Waals surface area contributed by atoms with E-state index >= 15 is 0 Å². The van der Waals surface area contributed by atoms with Crippen molar-refractivity contribution in [3.8, 4) is 0 Å². The second kappa shape index (κ2) is 8.17. The van der Waals surface area contributed by atoms with Crippen LogP contribution in [0, 0.1) is 5.92 Å². The van der Waals surface area contributed by atoms with Gasteiger partial charge in [0, 0.05) is 36.1 Å². The van der Waals surface area contributed by atoms with Crippen LogP contribution in [0.15, 0.2) is 24.3 Å². The Hall–Kier alpha value is -0.360. The highest BCUT2D eigenvalue weighted by Gasteiger charge is 2.29. The van der Waals surface area contributed by atoms with Crippen LogP contribution < -0.4 is 16.2 Å². The summed E-state index contributed by atoms with van der Waals surface area (Å²) in [6, 6.07) is 8.23. The quantitative estimate of drug-likeness (QED) is 0.669. The number of halogens is 2. The van der Waals surface area contributed by atoms with Crippen molar-refractivity contribution >= 4 is 24.0 Å². The summed E-state index contributed by atoms with van der Waals surface area (Å²) in [7, 11) is 0. The summed E-state index contributed by atoms with van der Waals surface area (Å²) in [6.45, 7) is 5.74. The van der Waals surface area contributed by atoms with Gasteiger partial charge in [-0.2, -0.15) is 0 Å². The maximum atomic E-state index is 10.1. The molecule has 1 saturated heterocycles. The molecule has 1 aliphatic rings. The number of aliphatic hydroxyl groups is 1. The van der Waals surface area contributed by atoms with Gasteiger partial charge in [0.05, 0.1) is 6.10 Å². The van der Waals surface area contributed by atoms with Crippen LogP contribution in [0.5, 0.6) is 0 Å². The van der Waals surface area contributed by atoms with Crippen molar-refractivity contribution in [2.24, 2.45) is 5.92 Å². The van der Waals surface area contributed by atoms with Gasteiger partial charge in [-0.15, -0.1) is 12.4 Å². The highest BCUT2D eigenvalue weighted by atomic mass is 35.5. The zero-order valence-corrected chi connectivity index (χ0v) is 13.3. The van der Waals surface area contributed by atoms with Crippen LogP contribution in [0.25, 0.3) is 0 Å². The molecule has 1 aliphatic heterocycles. The zero-order valence-electron chi connectivity index (χ0n) is 11.8. The van der Waals surface area contributed by atoms with Crippen molar-refractivity contribution in [3.63, 3.8) is 0 Å². The smallest absolute Gasteiger partial charge is 0.0914 e. The van der Waals surface area contributed by atoms with Gasteiger partial charge in [-0.05, 0) is 31.5 Å². The Bertz CT molecular complexity index is 409. The van der Waals surface area contributed by atoms with Crippen LogP contribution in [0.1, 0.15) is 25.5 Å². The van der Waals surface area contributed by atoms with Gasteiger partial charge in [-0.25, -0.2) is 0 Å². The molecule has 1 aromatic carbocycles. The van der Waals surface area contributed by atoms with Gasteiger partial charge >= 0.3 is 0 Å². The number of benzene rings is 1. The summed E-state index contributed by atoms with van der Waals surface area (Å²) in [5.74, 6) is 0.520. The van der Waals surface area contributed by atoms with Crippen molar-refractivity contribution in [1.82, 2.24) is 16.2 Å². The zero-order chi connectivity index (χ0) is 13.8. The first-order valence-electron chi connectivity index (χ1n) is 6.73. The maximum Gasteiger partial charge on any atom is 0.0914 e. The summed E-state index contributed by atoms with van der Waals surface area (Å²) in [5, 5.41) is 14.1. The van der Waals surface area contributed by atoms with Crippen LogP contribution in [-0.4, -0.2) is 30.3 Å². The molecule has 4 N–H and O–H groups in total. The third-order valence-corrected chi connectivity index (χ3v) is 4.01. The Morgan fingerprint density at radius 2 is 1.95 bits per heavy atom. The second-order valence-corrected chi connectivity index (χ2v) is 5.70. The monoisotopic (exact) mass is 319 g/mol. The minimum Gasteiger partial charge on any atom is -0.387 e. The predicted octanol–water partition coefficient (Wildman–Crippen LogP) is 1.89. The summed E-state index contributed by atoms with van der Waals surface area (Å²) < 4.78 is 0. The molecule has 20 heavy (non-hydrogen) atoms. The highest BCUT2D eigenvalue weighted by molar-refractivity contribution is 6.30. The van der Waals surface area contributed by atoms with Gasteiger partial charge < -0.3 is 10.4 Å². The molecule has 4 nitrogen and oxygen atoms in total. The Kier molecular flexibility index (Phi) is 7.23. The molecule has 1 aromatic rings. The summed E-state index contributed by atoms with van der Waals surface area (Å²) in [5.41, 5.74) is 7.30. The molecule has 6 heteroatoms. The van der Waals surface area contributed by atoms with Crippen LogP contribution in [0.3, 0.4) is 0 Å². The van der Waals surface area contributed by atoms with Gasteiger partial charge in [-0.1, -0.05) is 23.7 Å². The molecule has 1 fully saturated rings. The van der Waals surface area contributed by atoms with Crippen LogP contribution >= 0.6 is 24.0 Å². The average Bonchev–Trinajstić information content (AvgIpc) is 2.70. The molecule has 3 unspecified atom stereocenters. The Morgan fingerprint density at radius 1 is 1.30 bits per heavy atom. The van der Waals surface area contributed by atoms with E-state index in [1.807, 2.05) is 18.2 Å². The van der Waals surface area contributed by atoms with Crippen LogP contribution in [0.2, 0.25) is 5.02 Å². The number of rotatable bonds is 5. The molecule has 1 heterocycles. The van der Waals surface area contributed by atoms with E-state index in [1.54, 1.807) is 6.07 Å². The Balaban J connectivity index is 0.00000200. The topological polar surface area (TPSA) is 56.3 Å². The molecule has 3 atom stereocenters. The lowest BCUT2D eigenvalue weighted by molar-refractivity contribution is 0.172. The molecule has 0 radical (unpaired) electrons. The molecule has 2 rings (SSSR count). The fraction of sp³-hybridized carbons (Fsp3) is 0.571. The van der Waals surface area contributed by atoms with E-state index in [-0.39, 0.29) is 12.4 Å². The Morgan fingerprint density at radius 3 is 2.55 bits per heavy atom. The third-order valence-electron chi connectivity index (χ3n) is 3.77. The van der Waals surface area contributed by atoms with Gasteiger partial charge in [0.25, 0.3) is 0 Å². The van der Waals surface area contributed by atoms with E-state index in [0.717, 1.165) is 12.1 Å². The molecule has 0 aromatic heterocycles. The predicted molar refractivity (Wildman–Crippen MR) is 85.2 cm³/mol. The first-order valence-corrected chi connectivity index (χ1v) is 7.11. The first kappa shape index (κ1) is 17.7. The lowest BCUT2D eigenvalue weighted by Gasteiger charge is -2.20. The molecule has 0 amide bonds. The third kappa shape index (κ3) is 4.58. The second-order valence-electron chi connectivity index (χ2n) is 5.26. The Labute approximate surface area is 131 Å². The maximum absolute atomic E-state index is 10.1. The van der Waals surface area contributed by atoms with Crippen molar-refractivity contribution < 1.29 is 5.11 Å². The standard InChI is InChI=1S/C14H22ClN3O.ClH/c1-9-13(10(2)18-17-9)7-16-8-14(19)11-4-3-5-12(15)6-11;/h3-6,9-10,13-14,16-19H,7-8H2,1-2H3;1H. The molecule has 0 bridgehead atoms. The molecular weight excluding hydrogens is 297 g/mol. The van der Waals surface area contributed by atoms with Crippen molar-refractivity contribution in [3.05, 3.63) is 34.9 Å². The van der Waals surface area contributed by atoms with Gasteiger partial charge in [0.2, 0.25) is 0 Å². The van der Waals surface area contributed by atoms with E-state index in [4.69, 9.17) is 11.6 Å². The molecule has 114 valence electrons. The molecular formula is C14H23Cl2N3O. The minimum absolute atomic E-state index is 0. The molecule has 0 aliphatic carbocycles. The van der Waals surface area contributed by atoms with E-state index in [2.05, 4.69) is 30.0 Å². The largest absolute Gasteiger partial charge is 0.387 e. The van der Waals surface area contributed by atoms with Crippen LogP contribution in [0.4, 0.5) is 0 Å². The summed E-state index contributed by atoms with van der Waals surface area (Å²) in [4.78, 5) is 0. The number of hydrogen-bond donors (Lipinski definition) is 4. The molecule has 0 saturated carbocycles. The van der Waals surface area contributed by atoms with Gasteiger partial charge in [-0.3, -0.25) is 10.9 Å². The molecule has 0 spiro atoms. The van der Waals surface area contributed by atoms with E-state index in [1.165, 1.54) is 0 Å². The lowest BCUT2D eigenvalue weighted by Crippen LogP contribution is -2.35. The average molecular weight is 320 g/mol. The SMILES string of the molecule is CC1NNC(C)C1CNCC(O)c1cccc(Cl)c1.Cl. The fourth-order valence-corrected chi connectivity index (χ4v) is 2.68. The summed E-state index contributed by atoms with van der Waals surface area (Å²) >= 11 is 5.92. The van der Waals surface area contributed by atoms with Gasteiger partial charge in [0.1, 0.15) is 0 Å². The first-order chi connectivity index (χ1) is 9.08. The van der Waals surface area contributed by atoms with Crippen molar-refractivity contribution in [2.45, 2.75) is 32.0 Å². The van der Waals surface area contributed by atoms with Crippen molar-refractivity contribution in [1.29, 1.82) is 0 Å². The minimum atomic E-state index is -0.522. The number of aliphatic hydroxyl groups excluding tert-OH is 1. The summed E-state index contributed by atoms with van der Waals surface area (Å²) in [6.07, 6.45) is -0.522.